The van der Waals surface area contributed by atoms with Gasteiger partial charge in [-0.05, 0) is 66.9 Å². The van der Waals surface area contributed by atoms with Crippen LogP contribution in [0.25, 0.3) is 0 Å². The molecule has 1 N–H and O–H groups in total. The summed E-state index contributed by atoms with van der Waals surface area (Å²) >= 11 is 0. The van der Waals surface area contributed by atoms with E-state index in [2.05, 4.69) is 5.32 Å². The largest absolute Gasteiger partial charge is 0.493 e. The zero-order valence-electron chi connectivity index (χ0n) is 20.1. The molecule has 0 unspecified atom stereocenters. The van der Waals surface area contributed by atoms with Crippen molar-refractivity contribution in [1.82, 2.24) is 4.90 Å². The number of carbonyl (C=O) groups is 2. The summed E-state index contributed by atoms with van der Waals surface area (Å²) < 4.78 is 42.1. The van der Waals surface area contributed by atoms with Gasteiger partial charge in [-0.3, -0.25) is 9.59 Å². The SMILES string of the molecule is COc1ccc(CN(Cc2ccco2)C(=O)C2CCC2)cc1OS(=O)(=O)c1ccc(NC(C)=O)cc1. The molecule has 0 radical (unpaired) electrons. The standard InChI is InChI=1S/C26H28N2O7S/c1-18(29)27-21-9-11-23(12-10-21)36(31,32)35-25-15-19(8-13-24(25)33-2)16-28(17-22-7-4-14-34-22)26(30)20-5-3-6-20/h4,7-15,20H,3,5-6,16-17H2,1-2H3,(H,27,29). The molecular formula is C26H28N2O7S. The monoisotopic (exact) mass is 512 g/mol. The van der Waals surface area contributed by atoms with Crippen LogP contribution in [-0.4, -0.2) is 32.2 Å². The Balaban J connectivity index is 1.56. The smallest absolute Gasteiger partial charge is 0.339 e. The minimum Gasteiger partial charge on any atom is -0.493 e. The van der Waals surface area contributed by atoms with Crippen molar-refractivity contribution in [2.24, 2.45) is 5.92 Å². The third kappa shape index (κ3) is 6.06. The number of anilines is 1. The van der Waals surface area contributed by atoms with Crippen LogP contribution in [0.1, 0.15) is 37.5 Å². The first-order chi connectivity index (χ1) is 17.2. The highest BCUT2D eigenvalue weighted by Crippen LogP contribution is 2.33. The molecule has 0 aliphatic heterocycles. The molecule has 1 saturated carbocycles. The molecule has 4 rings (SSSR count). The number of rotatable bonds is 10. The van der Waals surface area contributed by atoms with Gasteiger partial charge in [0.2, 0.25) is 11.8 Å². The highest BCUT2D eigenvalue weighted by Gasteiger charge is 2.30. The molecule has 0 atom stereocenters. The van der Waals surface area contributed by atoms with E-state index in [0.717, 1.165) is 19.3 Å². The summed E-state index contributed by atoms with van der Waals surface area (Å²) in [6, 6.07) is 14.2. The van der Waals surface area contributed by atoms with Crippen LogP contribution in [0, 0.1) is 5.92 Å². The second kappa shape index (κ2) is 10.9. The van der Waals surface area contributed by atoms with Crippen molar-refractivity contribution in [3.63, 3.8) is 0 Å². The van der Waals surface area contributed by atoms with Crippen molar-refractivity contribution in [3.8, 4) is 11.5 Å². The fourth-order valence-electron chi connectivity index (χ4n) is 3.90. The van der Waals surface area contributed by atoms with Gasteiger partial charge in [0.25, 0.3) is 0 Å². The molecule has 1 heterocycles. The molecule has 2 amide bonds. The lowest BCUT2D eigenvalue weighted by Crippen LogP contribution is -2.38. The van der Waals surface area contributed by atoms with Gasteiger partial charge in [0.05, 0.1) is 19.9 Å². The van der Waals surface area contributed by atoms with E-state index in [1.807, 2.05) is 6.07 Å². The van der Waals surface area contributed by atoms with Crippen LogP contribution in [0.3, 0.4) is 0 Å². The van der Waals surface area contributed by atoms with E-state index in [1.54, 1.807) is 35.4 Å². The van der Waals surface area contributed by atoms with Crippen LogP contribution < -0.4 is 14.2 Å². The van der Waals surface area contributed by atoms with Crippen LogP contribution in [0.15, 0.2) is 70.2 Å². The predicted octanol–water partition coefficient (Wildman–Crippen LogP) is 4.34. The molecule has 36 heavy (non-hydrogen) atoms. The zero-order chi connectivity index (χ0) is 25.7. The Hall–Kier alpha value is -3.79. The maximum absolute atomic E-state index is 13.1. The van der Waals surface area contributed by atoms with Crippen molar-refractivity contribution in [2.45, 2.75) is 44.2 Å². The molecule has 9 nitrogen and oxygen atoms in total. The number of furan rings is 1. The number of carbonyl (C=O) groups excluding carboxylic acids is 2. The number of hydrogen-bond acceptors (Lipinski definition) is 7. The van der Waals surface area contributed by atoms with Crippen LogP contribution in [0.4, 0.5) is 5.69 Å². The average Bonchev–Trinajstić information content (AvgIpc) is 3.30. The van der Waals surface area contributed by atoms with Crippen molar-refractivity contribution >= 4 is 27.6 Å². The van der Waals surface area contributed by atoms with Crippen molar-refractivity contribution in [2.75, 3.05) is 12.4 Å². The molecule has 1 aromatic heterocycles. The molecule has 1 aliphatic carbocycles. The van der Waals surface area contributed by atoms with Crippen molar-refractivity contribution in [1.29, 1.82) is 0 Å². The molecule has 0 bridgehead atoms. The molecule has 1 fully saturated rings. The summed E-state index contributed by atoms with van der Waals surface area (Å²) in [5, 5.41) is 2.58. The minimum atomic E-state index is -4.19. The van der Waals surface area contributed by atoms with Gasteiger partial charge in [-0.1, -0.05) is 12.5 Å². The summed E-state index contributed by atoms with van der Waals surface area (Å²) in [7, 11) is -2.77. The van der Waals surface area contributed by atoms with Gasteiger partial charge in [0.15, 0.2) is 11.5 Å². The molecule has 1 aliphatic rings. The third-order valence-electron chi connectivity index (χ3n) is 5.96. The number of nitrogens with zero attached hydrogens (tertiary/aromatic N) is 1. The Kier molecular flexibility index (Phi) is 7.64. The Labute approximate surface area is 210 Å². The van der Waals surface area contributed by atoms with E-state index in [1.165, 1.54) is 38.3 Å². The molecule has 2 aromatic carbocycles. The quantitative estimate of drug-likeness (QED) is 0.402. The van der Waals surface area contributed by atoms with Crippen molar-refractivity contribution in [3.05, 3.63) is 72.2 Å². The predicted molar refractivity (Wildman–Crippen MR) is 132 cm³/mol. The summed E-state index contributed by atoms with van der Waals surface area (Å²) in [4.78, 5) is 25.9. The summed E-state index contributed by atoms with van der Waals surface area (Å²) in [5.74, 6) is 0.686. The summed E-state index contributed by atoms with van der Waals surface area (Å²) in [6.45, 7) is 1.92. The van der Waals surface area contributed by atoms with Gasteiger partial charge < -0.3 is 23.6 Å². The fraction of sp³-hybridized carbons (Fsp3) is 0.308. The van der Waals surface area contributed by atoms with Gasteiger partial charge in [-0.2, -0.15) is 8.42 Å². The van der Waals surface area contributed by atoms with E-state index in [4.69, 9.17) is 13.3 Å². The number of amides is 2. The first-order valence-electron chi connectivity index (χ1n) is 11.6. The number of nitrogens with one attached hydrogen (secondary N) is 1. The lowest BCUT2D eigenvalue weighted by atomic mass is 9.84. The maximum Gasteiger partial charge on any atom is 0.339 e. The highest BCUT2D eigenvalue weighted by molar-refractivity contribution is 7.87. The molecule has 190 valence electrons. The lowest BCUT2D eigenvalue weighted by Gasteiger charge is -2.31. The normalized spacial score (nSPS) is 13.5. The van der Waals surface area contributed by atoms with Gasteiger partial charge in [0, 0.05) is 25.1 Å². The van der Waals surface area contributed by atoms with E-state index in [0.29, 0.717) is 23.6 Å². The fourth-order valence-corrected chi connectivity index (χ4v) is 4.83. The Morgan fingerprint density at radius 3 is 2.39 bits per heavy atom. The minimum absolute atomic E-state index is 0.00484. The van der Waals surface area contributed by atoms with Crippen LogP contribution in [0.5, 0.6) is 11.5 Å². The average molecular weight is 513 g/mol. The Morgan fingerprint density at radius 1 is 1.06 bits per heavy atom. The first kappa shape index (κ1) is 25.3. The second-order valence-electron chi connectivity index (χ2n) is 8.63. The van der Waals surface area contributed by atoms with E-state index >= 15 is 0 Å². The first-order valence-corrected chi connectivity index (χ1v) is 13.0. The molecule has 0 spiro atoms. The number of hydrogen-bond donors (Lipinski definition) is 1. The molecule has 10 heteroatoms. The molecule has 3 aromatic rings. The van der Waals surface area contributed by atoms with Gasteiger partial charge in [0.1, 0.15) is 10.7 Å². The maximum atomic E-state index is 13.1. The highest BCUT2D eigenvalue weighted by atomic mass is 32.2. The topological polar surface area (TPSA) is 115 Å². The molecular weight excluding hydrogens is 484 g/mol. The lowest BCUT2D eigenvalue weighted by molar-refractivity contribution is -0.139. The second-order valence-corrected chi connectivity index (χ2v) is 10.2. The summed E-state index contributed by atoms with van der Waals surface area (Å²) in [6.07, 6.45) is 4.33. The van der Waals surface area contributed by atoms with Gasteiger partial charge in [-0.25, -0.2) is 0 Å². The van der Waals surface area contributed by atoms with E-state index in [-0.39, 0.29) is 40.7 Å². The molecule has 0 saturated heterocycles. The van der Waals surface area contributed by atoms with Crippen LogP contribution in [0.2, 0.25) is 0 Å². The van der Waals surface area contributed by atoms with Gasteiger partial charge in [-0.15, -0.1) is 0 Å². The van der Waals surface area contributed by atoms with Crippen LogP contribution >= 0.6 is 0 Å². The number of benzene rings is 2. The Bertz CT molecular complexity index is 1310. The van der Waals surface area contributed by atoms with E-state index in [9.17, 15) is 18.0 Å². The van der Waals surface area contributed by atoms with Gasteiger partial charge >= 0.3 is 10.1 Å². The number of ether oxygens (including phenoxy) is 1. The zero-order valence-corrected chi connectivity index (χ0v) is 20.9. The van der Waals surface area contributed by atoms with E-state index < -0.39 is 10.1 Å². The Morgan fingerprint density at radius 2 is 1.81 bits per heavy atom. The van der Waals surface area contributed by atoms with Crippen LogP contribution in [-0.2, 0) is 32.8 Å². The number of methoxy groups -OCH3 is 1. The van der Waals surface area contributed by atoms with Crippen molar-refractivity contribution < 1.29 is 31.3 Å². The summed E-state index contributed by atoms with van der Waals surface area (Å²) in [5.41, 5.74) is 1.15. The third-order valence-corrected chi connectivity index (χ3v) is 7.21.